The largest absolute Gasteiger partial charge is 0.478 e. The van der Waals surface area contributed by atoms with Crippen LogP contribution in [0.1, 0.15) is 12.8 Å². The molecule has 0 radical (unpaired) electrons. The highest BCUT2D eigenvalue weighted by molar-refractivity contribution is 5.79. The van der Waals surface area contributed by atoms with Gasteiger partial charge in [0.2, 0.25) is 0 Å². The fourth-order valence-electron chi connectivity index (χ4n) is 0.435. The Balaban J connectivity index is -0.000000219. The van der Waals surface area contributed by atoms with Crippen molar-refractivity contribution in [3.05, 3.63) is 25.3 Å². The molecule has 0 unspecified atom stereocenters. The SMILES string of the molecule is C=CC(=O)O.C=CC(=O)O.OCCCOCCCO. The van der Waals surface area contributed by atoms with E-state index in [0.29, 0.717) is 26.1 Å². The number of carboxylic acids is 2. The Morgan fingerprint density at radius 3 is 1.32 bits per heavy atom. The van der Waals surface area contributed by atoms with Gasteiger partial charge in [0.05, 0.1) is 0 Å². The van der Waals surface area contributed by atoms with Gasteiger partial charge in [-0.2, -0.15) is 0 Å². The molecule has 0 aromatic rings. The molecular weight excluding hydrogens is 256 g/mol. The summed E-state index contributed by atoms with van der Waals surface area (Å²) < 4.78 is 4.99. The van der Waals surface area contributed by atoms with Crippen molar-refractivity contribution in [2.75, 3.05) is 26.4 Å². The van der Waals surface area contributed by atoms with Gasteiger partial charge in [-0.3, -0.25) is 0 Å². The fourth-order valence-corrected chi connectivity index (χ4v) is 0.435. The van der Waals surface area contributed by atoms with E-state index >= 15 is 0 Å². The summed E-state index contributed by atoms with van der Waals surface area (Å²) in [7, 11) is 0. The molecule has 7 heteroatoms. The Labute approximate surface area is 112 Å². The number of hydrogen-bond donors (Lipinski definition) is 4. The molecule has 0 bridgehead atoms. The molecular formula is C12H22O7. The first-order valence-corrected chi connectivity index (χ1v) is 5.46. The van der Waals surface area contributed by atoms with Gasteiger partial charge in [-0.05, 0) is 12.8 Å². The Bertz CT molecular complexity index is 214. The maximum atomic E-state index is 9.25. The standard InChI is InChI=1S/C6H14O3.2C3H4O2/c7-3-1-5-9-6-2-4-8;2*1-2-3(4)5/h7-8H,1-6H2;2*2H,1H2,(H,4,5). The molecule has 4 N–H and O–H groups in total. The van der Waals surface area contributed by atoms with E-state index in [4.69, 9.17) is 25.2 Å². The Hall–Kier alpha value is -1.70. The molecule has 0 fully saturated rings. The van der Waals surface area contributed by atoms with Crippen molar-refractivity contribution in [3.8, 4) is 0 Å². The summed E-state index contributed by atoms with van der Waals surface area (Å²) >= 11 is 0. The van der Waals surface area contributed by atoms with Gasteiger partial charge >= 0.3 is 11.9 Å². The molecule has 0 spiro atoms. The van der Waals surface area contributed by atoms with Crippen LogP contribution in [-0.4, -0.2) is 58.8 Å². The minimum Gasteiger partial charge on any atom is -0.478 e. The summed E-state index contributed by atoms with van der Waals surface area (Å²) in [6.45, 7) is 7.47. The van der Waals surface area contributed by atoms with Crippen molar-refractivity contribution < 1.29 is 34.8 Å². The van der Waals surface area contributed by atoms with Crippen molar-refractivity contribution in [1.29, 1.82) is 0 Å². The van der Waals surface area contributed by atoms with E-state index in [1.54, 1.807) is 0 Å². The molecule has 112 valence electrons. The molecule has 0 heterocycles. The van der Waals surface area contributed by atoms with E-state index < -0.39 is 11.9 Å². The van der Waals surface area contributed by atoms with E-state index in [2.05, 4.69) is 13.2 Å². The summed E-state index contributed by atoms with van der Waals surface area (Å²) in [6, 6.07) is 0. The zero-order valence-electron chi connectivity index (χ0n) is 10.8. The van der Waals surface area contributed by atoms with Crippen molar-refractivity contribution in [1.82, 2.24) is 0 Å². The Morgan fingerprint density at radius 1 is 0.895 bits per heavy atom. The van der Waals surface area contributed by atoms with Crippen LogP contribution >= 0.6 is 0 Å². The lowest BCUT2D eigenvalue weighted by Gasteiger charge is -1.99. The van der Waals surface area contributed by atoms with Crippen molar-refractivity contribution in [2.45, 2.75) is 12.8 Å². The third kappa shape index (κ3) is 48.4. The quantitative estimate of drug-likeness (QED) is 0.371. The monoisotopic (exact) mass is 278 g/mol. The molecule has 0 aliphatic carbocycles. The van der Waals surface area contributed by atoms with Crippen molar-refractivity contribution in [3.63, 3.8) is 0 Å². The number of hydrogen-bond acceptors (Lipinski definition) is 5. The topological polar surface area (TPSA) is 124 Å². The molecule has 0 amide bonds. The van der Waals surface area contributed by atoms with Crippen molar-refractivity contribution >= 4 is 11.9 Å². The van der Waals surface area contributed by atoms with Gasteiger partial charge < -0.3 is 25.2 Å². The molecule has 0 saturated heterocycles. The first-order chi connectivity index (χ1) is 8.95. The molecule has 0 atom stereocenters. The molecule has 0 aromatic heterocycles. The average Bonchev–Trinajstić information content (AvgIpc) is 2.40. The van der Waals surface area contributed by atoms with Gasteiger partial charge in [-0.25, -0.2) is 9.59 Å². The number of aliphatic hydroxyl groups is 2. The average molecular weight is 278 g/mol. The number of carboxylic acid groups (broad SMARTS) is 2. The highest BCUT2D eigenvalue weighted by atomic mass is 16.5. The number of aliphatic hydroxyl groups excluding tert-OH is 2. The number of rotatable bonds is 8. The Kier molecular flexibility index (Phi) is 25.5. The first kappa shape index (κ1) is 22.5. The van der Waals surface area contributed by atoms with Crippen LogP contribution in [0, 0.1) is 0 Å². The second-order valence-electron chi connectivity index (χ2n) is 2.85. The minimum atomic E-state index is -0.981. The van der Waals surface area contributed by atoms with Crippen LogP contribution in [0.2, 0.25) is 0 Å². The van der Waals surface area contributed by atoms with Gasteiger partial charge in [-0.15, -0.1) is 0 Å². The lowest BCUT2D eigenvalue weighted by molar-refractivity contribution is -0.132. The minimum absolute atomic E-state index is 0.180. The van der Waals surface area contributed by atoms with Crippen molar-refractivity contribution in [2.24, 2.45) is 0 Å². The van der Waals surface area contributed by atoms with E-state index in [1.165, 1.54) is 0 Å². The lowest BCUT2D eigenvalue weighted by atomic mass is 10.5. The zero-order chi connectivity index (χ0) is 15.5. The van der Waals surface area contributed by atoms with Gasteiger partial charge in [0, 0.05) is 38.6 Å². The maximum absolute atomic E-state index is 9.25. The van der Waals surface area contributed by atoms with E-state index in [0.717, 1.165) is 12.2 Å². The summed E-state index contributed by atoms with van der Waals surface area (Å²) in [4.78, 5) is 18.5. The molecule has 0 aliphatic heterocycles. The van der Waals surface area contributed by atoms with Crippen LogP contribution in [0.25, 0.3) is 0 Å². The zero-order valence-corrected chi connectivity index (χ0v) is 10.8. The smallest absolute Gasteiger partial charge is 0.327 e. The highest BCUT2D eigenvalue weighted by Crippen LogP contribution is 1.83. The summed E-state index contributed by atoms with van der Waals surface area (Å²) in [5, 5.41) is 31.8. The predicted octanol–water partition coefficient (Wildman–Crippen LogP) is 0.282. The normalized spacial score (nSPS) is 8.11. The molecule has 0 aliphatic rings. The molecule has 7 nitrogen and oxygen atoms in total. The van der Waals surface area contributed by atoms with Crippen LogP contribution in [-0.2, 0) is 14.3 Å². The van der Waals surface area contributed by atoms with E-state index in [9.17, 15) is 9.59 Å². The maximum Gasteiger partial charge on any atom is 0.327 e. The van der Waals surface area contributed by atoms with Gasteiger partial charge in [-0.1, -0.05) is 13.2 Å². The van der Waals surface area contributed by atoms with Crippen LogP contribution in [0.15, 0.2) is 25.3 Å². The number of aliphatic carboxylic acids is 2. The second kappa shape index (κ2) is 21.6. The lowest BCUT2D eigenvalue weighted by Crippen LogP contribution is -2.00. The third-order valence-corrected chi connectivity index (χ3v) is 1.24. The van der Waals surface area contributed by atoms with Crippen LogP contribution in [0.3, 0.4) is 0 Å². The number of carbonyl (C=O) groups is 2. The summed E-state index contributed by atoms with van der Waals surface area (Å²) in [6.07, 6.45) is 3.04. The van der Waals surface area contributed by atoms with Gasteiger partial charge in [0.1, 0.15) is 0 Å². The third-order valence-electron chi connectivity index (χ3n) is 1.24. The highest BCUT2D eigenvalue weighted by Gasteiger charge is 1.85. The molecule has 0 rings (SSSR count). The fraction of sp³-hybridized carbons (Fsp3) is 0.500. The summed E-state index contributed by atoms with van der Waals surface area (Å²) in [5.41, 5.74) is 0. The van der Waals surface area contributed by atoms with Crippen LogP contribution in [0.5, 0.6) is 0 Å². The first-order valence-electron chi connectivity index (χ1n) is 5.46. The molecule has 0 aromatic carbocycles. The second-order valence-corrected chi connectivity index (χ2v) is 2.85. The van der Waals surface area contributed by atoms with Gasteiger partial charge in [0.25, 0.3) is 0 Å². The van der Waals surface area contributed by atoms with Crippen LogP contribution < -0.4 is 0 Å². The predicted molar refractivity (Wildman–Crippen MR) is 69.9 cm³/mol. The van der Waals surface area contributed by atoms with E-state index in [-0.39, 0.29) is 13.2 Å². The van der Waals surface area contributed by atoms with E-state index in [1.807, 2.05) is 0 Å². The molecule has 19 heavy (non-hydrogen) atoms. The van der Waals surface area contributed by atoms with Crippen LogP contribution in [0.4, 0.5) is 0 Å². The molecule has 0 saturated carbocycles. The summed E-state index contributed by atoms with van der Waals surface area (Å²) in [5.74, 6) is -1.96. The number of ether oxygens (including phenoxy) is 1. The van der Waals surface area contributed by atoms with Gasteiger partial charge in [0.15, 0.2) is 0 Å². The Morgan fingerprint density at radius 2 is 1.16 bits per heavy atom.